The van der Waals surface area contributed by atoms with Crippen LogP contribution in [0.15, 0.2) is 0 Å². The van der Waals surface area contributed by atoms with Crippen LogP contribution >= 0.6 is 0 Å². The molecule has 1 saturated carbocycles. The first-order valence-corrected chi connectivity index (χ1v) is 5.78. The number of carboxylic acids is 1. The Labute approximate surface area is 91.0 Å². The molecule has 0 aromatic carbocycles. The molecular weight excluding hydrogens is 194 g/mol. The highest BCUT2D eigenvalue weighted by atomic mass is 16.5. The van der Waals surface area contributed by atoms with Gasteiger partial charge in [0.15, 0.2) is 0 Å². The molecule has 1 rings (SSSR count). The molecule has 0 aliphatic heterocycles. The molecule has 1 fully saturated rings. The minimum Gasteiger partial charge on any atom is -0.480 e. The second-order valence-electron chi connectivity index (χ2n) is 4.13. The molecule has 0 aromatic heterocycles. The minimum absolute atomic E-state index is 0.409. The van der Waals surface area contributed by atoms with Crippen LogP contribution in [0, 0.1) is 5.92 Å². The van der Waals surface area contributed by atoms with Gasteiger partial charge in [0.1, 0.15) is 6.04 Å². The molecule has 0 heterocycles. The summed E-state index contributed by atoms with van der Waals surface area (Å²) in [6, 6.07) is -0.409. The molecule has 1 aliphatic rings. The van der Waals surface area contributed by atoms with Crippen LogP contribution in [0.5, 0.6) is 0 Å². The summed E-state index contributed by atoms with van der Waals surface area (Å²) in [6.45, 7) is 4.21. The van der Waals surface area contributed by atoms with Crippen LogP contribution < -0.4 is 5.32 Å². The molecule has 0 bridgehead atoms. The first-order chi connectivity index (χ1) is 7.24. The zero-order valence-corrected chi connectivity index (χ0v) is 9.37. The first kappa shape index (κ1) is 12.5. The van der Waals surface area contributed by atoms with E-state index in [0.717, 1.165) is 32.1 Å². The highest BCUT2D eigenvalue weighted by Crippen LogP contribution is 2.28. The van der Waals surface area contributed by atoms with Crippen molar-refractivity contribution >= 4 is 5.97 Å². The second-order valence-corrected chi connectivity index (χ2v) is 4.13. The number of carboxylic acid groups (broad SMARTS) is 1. The summed E-state index contributed by atoms with van der Waals surface area (Å²) < 4.78 is 5.45. The van der Waals surface area contributed by atoms with Gasteiger partial charge >= 0.3 is 5.97 Å². The first-order valence-electron chi connectivity index (χ1n) is 5.78. The molecule has 15 heavy (non-hydrogen) atoms. The minimum atomic E-state index is -0.767. The van der Waals surface area contributed by atoms with Gasteiger partial charge in [0.05, 0.1) is 0 Å². The van der Waals surface area contributed by atoms with E-state index in [1.165, 1.54) is 12.8 Å². The number of ether oxygens (including phenoxy) is 1. The van der Waals surface area contributed by atoms with Gasteiger partial charge in [0.25, 0.3) is 0 Å². The quantitative estimate of drug-likeness (QED) is 0.568. The third-order valence-corrected chi connectivity index (χ3v) is 2.61. The number of hydrogen-bond donors (Lipinski definition) is 2. The van der Waals surface area contributed by atoms with Gasteiger partial charge in [0.2, 0.25) is 0 Å². The Morgan fingerprint density at radius 3 is 2.87 bits per heavy atom. The van der Waals surface area contributed by atoms with E-state index in [1.807, 2.05) is 6.92 Å². The molecule has 1 aliphatic carbocycles. The van der Waals surface area contributed by atoms with Gasteiger partial charge in [0, 0.05) is 13.2 Å². The van der Waals surface area contributed by atoms with Crippen LogP contribution in [0.1, 0.15) is 32.6 Å². The van der Waals surface area contributed by atoms with Crippen LogP contribution in [0.25, 0.3) is 0 Å². The van der Waals surface area contributed by atoms with Crippen LogP contribution in [0.3, 0.4) is 0 Å². The fourth-order valence-corrected chi connectivity index (χ4v) is 1.39. The molecule has 0 spiro atoms. The van der Waals surface area contributed by atoms with E-state index in [2.05, 4.69) is 5.32 Å². The summed E-state index contributed by atoms with van der Waals surface area (Å²) in [4.78, 5) is 10.7. The third kappa shape index (κ3) is 5.74. The summed E-state index contributed by atoms with van der Waals surface area (Å²) in [6.07, 6.45) is 4.14. The second kappa shape index (κ2) is 6.80. The lowest BCUT2D eigenvalue weighted by atomic mass is 10.2. The molecule has 4 nitrogen and oxygen atoms in total. The molecule has 0 saturated heterocycles. The largest absolute Gasteiger partial charge is 0.480 e. The van der Waals surface area contributed by atoms with E-state index in [9.17, 15) is 4.79 Å². The van der Waals surface area contributed by atoms with Gasteiger partial charge in [-0.2, -0.15) is 0 Å². The lowest BCUT2D eigenvalue weighted by molar-refractivity contribution is -0.139. The Balaban J connectivity index is 1.87. The Morgan fingerprint density at radius 2 is 2.33 bits per heavy atom. The van der Waals surface area contributed by atoms with Crippen molar-refractivity contribution < 1.29 is 14.6 Å². The zero-order chi connectivity index (χ0) is 11.1. The predicted molar refractivity (Wildman–Crippen MR) is 57.9 cm³/mol. The van der Waals surface area contributed by atoms with Gasteiger partial charge in [-0.05, 0) is 38.1 Å². The Hall–Kier alpha value is -0.610. The van der Waals surface area contributed by atoms with Gasteiger partial charge in [-0.1, -0.05) is 6.92 Å². The number of nitrogens with one attached hydrogen (secondary N) is 1. The average molecular weight is 215 g/mol. The van der Waals surface area contributed by atoms with Crippen LogP contribution in [-0.2, 0) is 9.53 Å². The Bertz CT molecular complexity index is 192. The number of hydrogen-bond acceptors (Lipinski definition) is 3. The SMILES string of the molecule is CCC(NCCCOCC1CC1)C(=O)O. The maximum absolute atomic E-state index is 10.7. The van der Waals surface area contributed by atoms with E-state index >= 15 is 0 Å². The van der Waals surface area contributed by atoms with E-state index in [0.29, 0.717) is 6.42 Å². The topological polar surface area (TPSA) is 58.6 Å². The van der Waals surface area contributed by atoms with Crippen LogP contribution in [0.2, 0.25) is 0 Å². The van der Waals surface area contributed by atoms with Crippen LogP contribution in [0.4, 0.5) is 0 Å². The fraction of sp³-hybridized carbons (Fsp3) is 0.909. The number of rotatable bonds is 9. The molecule has 88 valence electrons. The van der Waals surface area contributed by atoms with Crippen molar-refractivity contribution in [3.8, 4) is 0 Å². The van der Waals surface area contributed by atoms with E-state index < -0.39 is 12.0 Å². The molecule has 0 aromatic rings. The van der Waals surface area contributed by atoms with Gasteiger partial charge in [-0.25, -0.2) is 0 Å². The van der Waals surface area contributed by atoms with Crippen molar-refractivity contribution in [3.05, 3.63) is 0 Å². The molecule has 0 amide bonds. The highest BCUT2D eigenvalue weighted by molar-refractivity contribution is 5.73. The lowest BCUT2D eigenvalue weighted by Crippen LogP contribution is -2.36. The number of carbonyl (C=O) groups is 1. The molecule has 0 radical (unpaired) electrons. The molecule has 2 N–H and O–H groups in total. The summed E-state index contributed by atoms with van der Waals surface area (Å²) in [5, 5.41) is 11.8. The average Bonchev–Trinajstić information content (AvgIpc) is 3.00. The van der Waals surface area contributed by atoms with Crippen molar-refractivity contribution in [1.29, 1.82) is 0 Å². The zero-order valence-electron chi connectivity index (χ0n) is 9.37. The van der Waals surface area contributed by atoms with Crippen molar-refractivity contribution in [3.63, 3.8) is 0 Å². The predicted octanol–water partition coefficient (Wildman–Crippen LogP) is 1.26. The van der Waals surface area contributed by atoms with Crippen LogP contribution in [-0.4, -0.2) is 36.9 Å². The van der Waals surface area contributed by atoms with Gasteiger partial charge in [-0.15, -0.1) is 0 Å². The summed E-state index contributed by atoms with van der Waals surface area (Å²) >= 11 is 0. The standard InChI is InChI=1S/C11H21NO3/c1-2-10(11(13)14)12-6-3-7-15-8-9-4-5-9/h9-10,12H,2-8H2,1H3,(H,13,14). The van der Waals surface area contributed by atoms with Crippen molar-refractivity contribution in [2.45, 2.75) is 38.6 Å². The smallest absolute Gasteiger partial charge is 0.320 e. The Kier molecular flexibility index (Phi) is 5.65. The monoisotopic (exact) mass is 215 g/mol. The molecule has 4 heteroatoms. The number of aliphatic carboxylic acids is 1. The maximum Gasteiger partial charge on any atom is 0.320 e. The Morgan fingerprint density at radius 1 is 1.60 bits per heavy atom. The normalized spacial score (nSPS) is 17.7. The van der Waals surface area contributed by atoms with Crippen molar-refractivity contribution in [2.24, 2.45) is 5.92 Å². The highest BCUT2D eigenvalue weighted by Gasteiger charge is 2.20. The lowest BCUT2D eigenvalue weighted by Gasteiger charge is -2.11. The van der Waals surface area contributed by atoms with E-state index in [1.54, 1.807) is 0 Å². The molecule has 1 atom stereocenters. The van der Waals surface area contributed by atoms with Gasteiger partial charge in [-0.3, -0.25) is 4.79 Å². The fourth-order valence-electron chi connectivity index (χ4n) is 1.39. The molecule has 1 unspecified atom stereocenters. The van der Waals surface area contributed by atoms with E-state index in [-0.39, 0.29) is 0 Å². The summed E-state index contributed by atoms with van der Waals surface area (Å²) in [5.74, 6) is 0.0387. The third-order valence-electron chi connectivity index (χ3n) is 2.61. The van der Waals surface area contributed by atoms with Crippen molar-refractivity contribution in [2.75, 3.05) is 19.8 Å². The maximum atomic E-state index is 10.7. The van der Waals surface area contributed by atoms with Crippen molar-refractivity contribution in [1.82, 2.24) is 5.32 Å². The van der Waals surface area contributed by atoms with Gasteiger partial charge < -0.3 is 15.2 Å². The summed E-state index contributed by atoms with van der Waals surface area (Å²) in [5.41, 5.74) is 0. The molecular formula is C11H21NO3. The van der Waals surface area contributed by atoms with E-state index in [4.69, 9.17) is 9.84 Å². The summed E-state index contributed by atoms with van der Waals surface area (Å²) in [7, 11) is 0.